The van der Waals surface area contributed by atoms with Crippen molar-refractivity contribution in [2.75, 3.05) is 6.67 Å². The fourth-order valence-corrected chi connectivity index (χ4v) is 4.63. The molecule has 0 radical (unpaired) electrons. The summed E-state index contributed by atoms with van der Waals surface area (Å²) >= 11 is 1.51. The molecule has 4 nitrogen and oxygen atoms in total. The van der Waals surface area contributed by atoms with Crippen LogP contribution < -0.4 is 11.2 Å². The molecule has 1 unspecified atom stereocenters. The topological polar surface area (TPSA) is 54.9 Å². The van der Waals surface area contributed by atoms with Crippen LogP contribution in [0.25, 0.3) is 10.2 Å². The lowest BCUT2D eigenvalue weighted by Gasteiger charge is -2.33. The summed E-state index contributed by atoms with van der Waals surface area (Å²) < 4.78 is 13.6. The van der Waals surface area contributed by atoms with E-state index in [0.717, 1.165) is 29.4 Å². The number of thiophene rings is 1. The lowest BCUT2D eigenvalue weighted by Crippen LogP contribution is -2.35. The molecule has 2 aromatic rings. The fraction of sp³-hybridized carbons (Fsp3) is 0.625. The number of hydrogen-bond acceptors (Lipinski definition) is 3. The number of aryl methyl sites for hydroxylation is 1. The monoisotopic (exact) mass is 324 g/mol. The van der Waals surface area contributed by atoms with Crippen LogP contribution in [-0.2, 0) is 19.4 Å². The molecule has 0 aliphatic heterocycles. The van der Waals surface area contributed by atoms with Gasteiger partial charge in [-0.15, -0.1) is 11.3 Å². The number of hydrogen-bond donors (Lipinski definition) is 1. The molecule has 0 amide bonds. The van der Waals surface area contributed by atoms with Crippen LogP contribution in [0.4, 0.5) is 4.39 Å². The number of alkyl halides is 1. The average Bonchev–Trinajstić information content (AvgIpc) is 2.79. The predicted molar refractivity (Wildman–Crippen MR) is 87.7 cm³/mol. The van der Waals surface area contributed by atoms with E-state index < -0.39 is 12.4 Å². The smallest absolute Gasteiger partial charge is 0.298 e. The summed E-state index contributed by atoms with van der Waals surface area (Å²) in [5, 5.41) is 0.598. The van der Waals surface area contributed by atoms with Gasteiger partial charge in [-0.1, -0.05) is 20.8 Å². The first kappa shape index (κ1) is 15.5. The third kappa shape index (κ3) is 2.43. The Balaban J connectivity index is 2.16. The van der Waals surface area contributed by atoms with E-state index in [4.69, 9.17) is 0 Å². The third-order valence-electron chi connectivity index (χ3n) is 4.72. The number of halogens is 1. The highest BCUT2D eigenvalue weighted by molar-refractivity contribution is 7.18. The zero-order chi connectivity index (χ0) is 16.1. The summed E-state index contributed by atoms with van der Waals surface area (Å²) in [6.07, 6.45) is 2.85. The van der Waals surface area contributed by atoms with Crippen LogP contribution in [0, 0.1) is 11.3 Å². The average molecular weight is 324 g/mol. The largest absolute Gasteiger partial charge is 0.329 e. The molecule has 2 aromatic heterocycles. The van der Waals surface area contributed by atoms with Gasteiger partial charge in [0, 0.05) is 4.88 Å². The second-order valence-electron chi connectivity index (χ2n) is 7.09. The molecule has 0 bridgehead atoms. The van der Waals surface area contributed by atoms with E-state index in [9.17, 15) is 14.0 Å². The van der Waals surface area contributed by atoms with Crippen molar-refractivity contribution < 1.29 is 4.39 Å². The first-order valence-corrected chi connectivity index (χ1v) is 8.48. The quantitative estimate of drug-likeness (QED) is 0.923. The van der Waals surface area contributed by atoms with Gasteiger partial charge in [-0.3, -0.25) is 14.3 Å². The van der Waals surface area contributed by atoms with Crippen LogP contribution in [-0.4, -0.2) is 16.2 Å². The van der Waals surface area contributed by atoms with Gasteiger partial charge in [0.05, 0.1) is 11.9 Å². The minimum Gasteiger partial charge on any atom is -0.298 e. The molecule has 1 aliphatic carbocycles. The second-order valence-corrected chi connectivity index (χ2v) is 8.19. The summed E-state index contributed by atoms with van der Waals surface area (Å²) in [6, 6.07) is 0. The predicted octanol–water partition coefficient (Wildman–Crippen LogP) is 2.87. The maximum atomic E-state index is 12.6. The van der Waals surface area contributed by atoms with Crippen molar-refractivity contribution in [3.8, 4) is 0 Å². The number of nitrogens with one attached hydrogen (secondary N) is 1. The van der Waals surface area contributed by atoms with Gasteiger partial charge in [-0.05, 0) is 36.2 Å². The van der Waals surface area contributed by atoms with Crippen molar-refractivity contribution in [2.24, 2.45) is 11.3 Å². The van der Waals surface area contributed by atoms with E-state index in [1.165, 1.54) is 16.2 Å². The molecule has 22 heavy (non-hydrogen) atoms. The molecule has 2 heterocycles. The lowest BCUT2D eigenvalue weighted by atomic mass is 9.72. The summed E-state index contributed by atoms with van der Waals surface area (Å²) in [5.74, 6) is 0.577. The molecule has 1 atom stereocenters. The molecular weight excluding hydrogens is 303 g/mol. The van der Waals surface area contributed by atoms with Gasteiger partial charge in [-0.25, -0.2) is 9.18 Å². The minimum atomic E-state index is -0.715. The number of rotatable bonds is 2. The molecular formula is C16H21FN2O2S. The Labute approximate surface area is 132 Å². The Morgan fingerprint density at radius 2 is 2.09 bits per heavy atom. The number of aromatic amines is 1. The number of aromatic nitrogens is 2. The van der Waals surface area contributed by atoms with Crippen molar-refractivity contribution in [2.45, 2.75) is 46.6 Å². The van der Waals surface area contributed by atoms with E-state index >= 15 is 0 Å². The first-order valence-electron chi connectivity index (χ1n) is 7.66. The fourth-order valence-electron chi connectivity index (χ4n) is 3.32. The highest BCUT2D eigenvalue weighted by atomic mass is 32.1. The normalized spacial score (nSPS) is 18.6. The SMILES string of the molecule is CC(C)(C)C1CCc2c(sc3[nH]c(=O)n(CCF)c(=O)c23)C1. The van der Waals surface area contributed by atoms with E-state index in [2.05, 4.69) is 25.8 Å². The lowest BCUT2D eigenvalue weighted by molar-refractivity contribution is 0.218. The van der Waals surface area contributed by atoms with Gasteiger partial charge < -0.3 is 0 Å². The zero-order valence-corrected chi connectivity index (χ0v) is 14.0. The van der Waals surface area contributed by atoms with E-state index in [1.807, 2.05) is 0 Å². The van der Waals surface area contributed by atoms with Gasteiger partial charge in [0.1, 0.15) is 11.5 Å². The molecule has 3 rings (SSSR count). The summed E-state index contributed by atoms with van der Waals surface area (Å²) in [4.78, 5) is 29.1. The van der Waals surface area contributed by atoms with Gasteiger partial charge in [-0.2, -0.15) is 0 Å². The maximum absolute atomic E-state index is 12.6. The minimum absolute atomic E-state index is 0.181. The number of nitrogens with zero attached hydrogens (tertiary/aromatic N) is 1. The molecule has 0 fully saturated rings. The second kappa shape index (κ2) is 5.33. The Bertz CT molecular complexity index is 825. The number of H-pyrrole nitrogens is 1. The molecule has 1 N–H and O–H groups in total. The van der Waals surface area contributed by atoms with Crippen LogP contribution in [0.1, 0.15) is 37.6 Å². The van der Waals surface area contributed by atoms with Crippen LogP contribution in [0.3, 0.4) is 0 Å². The standard InChI is InChI=1S/C16H21FN2O2S/c1-16(2,3)9-4-5-10-11(8-9)22-13-12(10)14(20)19(7-6-17)15(21)18-13/h9H,4-8H2,1-3H3,(H,18,21). The summed E-state index contributed by atoms with van der Waals surface area (Å²) in [6.45, 7) is 5.83. The molecule has 120 valence electrons. The highest BCUT2D eigenvalue weighted by Gasteiger charge is 2.31. The molecule has 0 saturated carbocycles. The first-order chi connectivity index (χ1) is 10.3. The van der Waals surface area contributed by atoms with Gasteiger partial charge in [0.25, 0.3) is 5.56 Å². The van der Waals surface area contributed by atoms with E-state index in [0.29, 0.717) is 16.1 Å². The maximum Gasteiger partial charge on any atom is 0.329 e. The zero-order valence-electron chi connectivity index (χ0n) is 13.2. The van der Waals surface area contributed by atoms with Crippen LogP contribution in [0.15, 0.2) is 9.59 Å². The Morgan fingerprint density at radius 3 is 2.73 bits per heavy atom. The van der Waals surface area contributed by atoms with Crippen molar-refractivity contribution in [3.63, 3.8) is 0 Å². The Morgan fingerprint density at radius 1 is 1.36 bits per heavy atom. The number of fused-ring (bicyclic) bond motifs is 3. The van der Waals surface area contributed by atoms with E-state index in [-0.39, 0.29) is 17.5 Å². The van der Waals surface area contributed by atoms with Gasteiger partial charge in [0.2, 0.25) is 0 Å². The van der Waals surface area contributed by atoms with E-state index in [1.54, 1.807) is 0 Å². The van der Waals surface area contributed by atoms with Crippen molar-refractivity contribution in [3.05, 3.63) is 31.3 Å². The molecule has 0 spiro atoms. The highest BCUT2D eigenvalue weighted by Crippen LogP contribution is 2.41. The van der Waals surface area contributed by atoms with Crippen molar-refractivity contribution >= 4 is 21.6 Å². The molecule has 1 aliphatic rings. The summed E-state index contributed by atoms with van der Waals surface area (Å²) in [5.41, 5.74) is 0.439. The van der Waals surface area contributed by atoms with Gasteiger partial charge >= 0.3 is 5.69 Å². The van der Waals surface area contributed by atoms with Crippen molar-refractivity contribution in [1.29, 1.82) is 0 Å². The molecule has 6 heteroatoms. The molecule has 0 saturated heterocycles. The Kier molecular flexibility index (Phi) is 3.75. The van der Waals surface area contributed by atoms with Crippen LogP contribution in [0.2, 0.25) is 0 Å². The molecule has 0 aromatic carbocycles. The van der Waals surface area contributed by atoms with Crippen molar-refractivity contribution in [1.82, 2.24) is 9.55 Å². The third-order valence-corrected chi connectivity index (χ3v) is 5.89. The summed E-state index contributed by atoms with van der Waals surface area (Å²) in [7, 11) is 0. The van der Waals surface area contributed by atoms with Crippen LogP contribution >= 0.6 is 11.3 Å². The van der Waals surface area contributed by atoms with Crippen LogP contribution in [0.5, 0.6) is 0 Å². The Hall–Kier alpha value is -1.43. The van der Waals surface area contributed by atoms with Gasteiger partial charge in [0.15, 0.2) is 0 Å².